The van der Waals surface area contributed by atoms with E-state index < -0.39 is 27.7 Å². The van der Waals surface area contributed by atoms with Gasteiger partial charge in [-0.3, -0.25) is 9.69 Å². The van der Waals surface area contributed by atoms with Gasteiger partial charge in [-0.15, -0.1) is 0 Å². The van der Waals surface area contributed by atoms with Crippen LogP contribution < -0.4 is 5.32 Å². The van der Waals surface area contributed by atoms with E-state index in [0.29, 0.717) is 37.3 Å². The quantitative estimate of drug-likeness (QED) is 0.781. The van der Waals surface area contributed by atoms with Gasteiger partial charge in [0.2, 0.25) is 15.9 Å². The molecule has 0 aliphatic carbocycles. The van der Waals surface area contributed by atoms with Gasteiger partial charge in [-0.05, 0) is 62.2 Å². The van der Waals surface area contributed by atoms with Gasteiger partial charge in [-0.25, -0.2) is 17.2 Å². The predicted molar refractivity (Wildman–Crippen MR) is 111 cm³/mol. The van der Waals surface area contributed by atoms with Crippen LogP contribution >= 0.6 is 0 Å². The summed E-state index contributed by atoms with van der Waals surface area (Å²) in [5.41, 5.74) is 0.876. The lowest BCUT2D eigenvalue weighted by Crippen LogP contribution is -2.44. The SMILES string of the molecule is Cc1ccc(NC(=O)C(C)N2CCCN(S(=O)(=O)c3ccc(F)cc3)CC2)cc1F. The van der Waals surface area contributed by atoms with Crippen LogP contribution in [0.3, 0.4) is 0 Å². The summed E-state index contributed by atoms with van der Waals surface area (Å²) >= 11 is 0. The number of aryl methyl sites for hydroxylation is 1. The Labute approximate surface area is 175 Å². The standard InChI is InChI=1S/C21H25F2N3O3S/c1-15-4-7-18(14-20(15)23)24-21(27)16(2)25-10-3-11-26(13-12-25)30(28,29)19-8-5-17(22)6-9-19/h4-9,14,16H,3,10-13H2,1-2H3,(H,24,27). The van der Waals surface area contributed by atoms with E-state index in [-0.39, 0.29) is 17.3 Å². The third-order valence-electron chi connectivity index (χ3n) is 5.31. The third kappa shape index (κ3) is 5.03. The number of nitrogens with zero attached hydrogens (tertiary/aromatic N) is 2. The van der Waals surface area contributed by atoms with Crippen molar-refractivity contribution in [1.29, 1.82) is 0 Å². The molecule has 9 heteroatoms. The zero-order valence-corrected chi connectivity index (χ0v) is 17.8. The largest absolute Gasteiger partial charge is 0.325 e. The molecule has 1 unspecified atom stereocenters. The molecule has 2 aromatic carbocycles. The number of nitrogens with one attached hydrogen (secondary N) is 1. The maximum Gasteiger partial charge on any atom is 0.243 e. The van der Waals surface area contributed by atoms with Crippen molar-refractivity contribution in [2.24, 2.45) is 0 Å². The third-order valence-corrected chi connectivity index (χ3v) is 7.22. The maximum atomic E-state index is 13.7. The molecule has 0 bridgehead atoms. The molecule has 0 spiro atoms. The van der Waals surface area contributed by atoms with Crippen LogP contribution in [0.15, 0.2) is 47.4 Å². The monoisotopic (exact) mass is 437 g/mol. The first-order valence-corrected chi connectivity index (χ1v) is 11.2. The highest BCUT2D eigenvalue weighted by Gasteiger charge is 2.30. The number of halogens is 2. The van der Waals surface area contributed by atoms with E-state index in [4.69, 9.17) is 0 Å². The second-order valence-corrected chi connectivity index (χ2v) is 9.31. The van der Waals surface area contributed by atoms with Crippen LogP contribution in [0.5, 0.6) is 0 Å². The maximum absolute atomic E-state index is 13.7. The second kappa shape index (κ2) is 9.20. The number of carbonyl (C=O) groups excluding carboxylic acids is 1. The Morgan fingerprint density at radius 3 is 2.40 bits per heavy atom. The highest BCUT2D eigenvalue weighted by atomic mass is 32.2. The number of hydrogen-bond acceptors (Lipinski definition) is 4. The minimum Gasteiger partial charge on any atom is -0.325 e. The lowest BCUT2D eigenvalue weighted by molar-refractivity contribution is -0.120. The minimum atomic E-state index is -3.73. The van der Waals surface area contributed by atoms with Crippen LogP contribution in [0.4, 0.5) is 14.5 Å². The van der Waals surface area contributed by atoms with Gasteiger partial charge in [0.05, 0.1) is 10.9 Å². The van der Waals surface area contributed by atoms with Crippen molar-refractivity contribution in [2.75, 3.05) is 31.5 Å². The predicted octanol–water partition coefficient (Wildman–Crippen LogP) is 3.00. The molecule has 1 saturated heterocycles. The Morgan fingerprint density at radius 1 is 1.03 bits per heavy atom. The lowest BCUT2D eigenvalue weighted by atomic mass is 10.2. The molecule has 1 aliphatic heterocycles. The van der Waals surface area contributed by atoms with Crippen LogP contribution in [0, 0.1) is 18.6 Å². The Hall–Kier alpha value is -2.36. The van der Waals surface area contributed by atoms with Gasteiger partial charge in [0, 0.05) is 31.9 Å². The molecule has 0 aromatic heterocycles. The fraction of sp³-hybridized carbons (Fsp3) is 0.381. The van der Waals surface area contributed by atoms with Gasteiger partial charge in [0.15, 0.2) is 0 Å². The van der Waals surface area contributed by atoms with E-state index in [1.807, 2.05) is 4.90 Å². The molecule has 0 saturated carbocycles. The number of amides is 1. The van der Waals surface area contributed by atoms with Crippen molar-refractivity contribution >= 4 is 21.6 Å². The first kappa shape index (κ1) is 22.3. The van der Waals surface area contributed by atoms with Crippen molar-refractivity contribution in [3.63, 3.8) is 0 Å². The minimum absolute atomic E-state index is 0.0459. The number of anilines is 1. The summed E-state index contributed by atoms with van der Waals surface area (Å²) < 4.78 is 53.9. The normalized spacial score (nSPS) is 17.3. The van der Waals surface area contributed by atoms with Crippen LogP contribution in [-0.2, 0) is 14.8 Å². The molecule has 6 nitrogen and oxygen atoms in total. The summed E-state index contributed by atoms with van der Waals surface area (Å²) in [7, 11) is -3.73. The molecule has 1 N–H and O–H groups in total. The average Bonchev–Trinajstić information content (AvgIpc) is 2.97. The topological polar surface area (TPSA) is 69.7 Å². The molecule has 162 valence electrons. The summed E-state index contributed by atoms with van der Waals surface area (Å²) in [5, 5.41) is 2.71. The van der Waals surface area contributed by atoms with Crippen molar-refractivity contribution in [3.05, 3.63) is 59.7 Å². The van der Waals surface area contributed by atoms with E-state index in [0.717, 1.165) is 12.1 Å². The van der Waals surface area contributed by atoms with E-state index >= 15 is 0 Å². The molecule has 30 heavy (non-hydrogen) atoms. The van der Waals surface area contributed by atoms with Gasteiger partial charge in [-0.2, -0.15) is 4.31 Å². The van der Waals surface area contributed by atoms with Crippen LogP contribution in [0.25, 0.3) is 0 Å². The molecule has 1 atom stereocenters. The van der Waals surface area contributed by atoms with Gasteiger partial charge in [0.1, 0.15) is 11.6 Å². The molecule has 1 heterocycles. The number of sulfonamides is 1. The summed E-state index contributed by atoms with van der Waals surface area (Å²) in [5.74, 6) is -1.17. The van der Waals surface area contributed by atoms with E-state index in [1.165, 1.54) is 22.5 Å². The molecule has 1 amide bonds. The zero-order chi connectivity index (χ0) is 21.9. The van der Waals surface area contributed by atoms with E-state index in [9.17, 15) is 22.0 Å². The number of hydrogen-bond donors (Lipinski definition) is 1. The molecule has 0 radical (unpaired) electrons. The number of rotatable bonds is 5. The summed E-state index contributed by atoms with van der Waals surface area (Å²) in [4.78, 5) is 14.6. The Morgan fingerprint density at radius 2 is 1.73 bits per heavy atom. The lowest BCUT2D eigenvalue weighted by Gasteiger charge is -2.27. The Balaban J connectivity index is 1.64. The fourth-order valence-corrected chi connectivity index (χ4v) is 4.85. The van der Waals surface area contributed by atoms with Gasteiger partial charge < -0.3 is 5.32 Å². The number of carbonyl (C=O) groups is 1. The molecular formula is C21H25F2N3O3S. The fourth-order valence-electron chi connectivity index (χ4n) is 3.38. The van der Waals surface area contributed by atoms with E-state index in [1.54, 1.807) is 26.0 Å². The molecule has 1 fully saturated rings. The van der Waals surface area contributed by atoms with Crippen LogP contribution in [-0.4, -0.2) is 55.8 Å². The smallest absolute Gasteiger partial charge is 0.243 e. The molecule has 2 aromatic rings. The summed E-state index contributed by atoms with van der Waals surface area (Å²) in [6.07, 6.45) is 0.553. The van der Waals surface area contributed by atoms with Crippen molar-refractivity contribution in [2.45, 2.75) is 31.2 Å². The Kier molecular flexibility index (Phi) is 6.84. The van der Waals surface area contributed by atoms with Crippen molar-refractivity contribution in [1.82, 2.24) is 9.21 Å². The molecule has 1 aliphatic rings. The molecular weight excluding hydrogens is 412 g/mol. The van der Waals surface area contributed by atoms with Crippen molar-refractivity contribution in [3.8, 4) is 0 Å². The zero-order valence-electron chi connectivity index (χ0n) is 16.9. The van der Waals surface area contributed by atoms with E-state index in [2.05, 4.69) is 5.32 Å². The summed E-state index contributed by atoms with van der Waals surface area (Å²) in [6, 6.07) is 8.76. The highest BCUT2D eigenvalue weighted by molar-refractivity contribution is 7.89. The van der Waals surface area contributed by atoms with Gasteiger partial charge in [0.25, 0.3) is 0 Å². The first-order chi connectivity index (χ1) is 14.2. The average molecular weight is 438 g/mol. The van der Waals surface area contributed by atoms with Crippen LogP contribution in [0.1, 0.15) is 18.9 Å². The summed E-state index contributed by atoms with van der Waals surface area (Å²) in [6.45, 7) is 4.84. The first-order valence-electron chi connectivity index (χ1n) is 9.75. The van der Waals surface area contributed by atoms with Gasteiger partial charge >= 0.3 is 0 Å². The number of benzene rings is 2. The van der Waals surface area contributed by atoms with Gasteiger partial charge in [-0.1, -0.05) is 6.07 Å². The van der Waals surface area contributed by atoms with Crippen molar-refractivity contribution < 1.29 is 22.0 Å². The molecule has 3 rings (SSSR count). The second-order valence-electron chi connectivity index (χ2n) is 7.38. The van der Waals surface area contributed by atoms with Crippen LogP contribution in [0.2, 0.25) is 0 Å². The Bertz CT molecular complexity index is 1010. The highest BCUT2D eigenvalue weighted by Crippen LogP contribution is 2.20.